The number of methoxy groups -OCH3 is 1. The number of carbonyl (C=O) groups excluding carboxylic acids is 1. The van der Waals surface area contributed by atoms with E-state index in [0.29, 0.717) is 40.9 Å². The molecule has 4 nitrogen and oxygen atoms in total. The fraction of sp³-hybridized carbons (Fsp3) is 0.0833. The normalized spacial score (nSPS) is 14.8. The lowest BCUT2D eigenvalue weighted by atomic mass is 10.1. The molecule has 1 saturated heterocycles. The van der Waals surface area contributed by atoms with Crippen LogP contribution in [0.3, 0.4) is 0 Å². The Labute approximate surface area is 219 Å². The van der Waals surface area contributed by atoms with E-state index >= 15 is 0 Å². The van der Waals surface area contributed by atoms with E-state index in [2.05, 4.69) is 15.9 Å². The van der Waals surface area contributed by atoms with Crippen LogP contribution in [0.5, 0.6) is 11.5 Å². The Kier molecular flexibility index (Phi) is 7.66. The SMILES string of the molecule is COc1cc(/C=C2\SC(=S)N(c3cccc(Cl)c3)C2=O)cc(Br)c1OCc1ccccc1Cl. The summed E-state index contributed by atoms with van der Waals surface area (Å²) in [6, 6.07) is 18.2. The molecule has 0 bridgehead atoms. The molecule has 0 N–H and O–H groups in total. The van der Waals surface area contributed by atoms with Gasteiger partial charge in [0.2, 0.25) is 0 Å². The van der Waals surface area contributed by atoms with Crippen molar-refractivity contribution < 1.29 is 14.3 Å². The number of thioether (sulfide) groups is 1. The Bertz CT molecular complexity index is 1280. The molecule has 168 valence electrons. The highest BCUT2D eigenvalue weighted by atomic mass is 79.9. The molecule has 3 aromatic rings. The van der Waals surface area contributed by atoms with E-state index in [-0.39, 0.29) is 12.5 Å². The van der Waals surface area contributed by atoms with Crippen molar-refractivity contribution >= 4 is 85.1 Å². The summed E-state index contributed by atoms with van der Waals surface area (Å²) in [5, 5.41) is 1.16. The molecule has 4 rings (SSSR count). The fourth-order valence-electron chi connectivity index (χ4n) is 3.19. The lowest BCUT2D eigenvalue weighted by Crippen LogP contribution is -2.27. The van der Waals surface area contributed by atoms with Crippen LogP contribution in [0.4, 0.5) is 5.69 Å². The van der Waals surface area contributed by atoms with E-state index in [9.17, 15) is 4.79 Å². The molecule has 0 aliphatic carbocycles. The zero-order valence-corrected chi connectivity index (χ0v) is 21.9. The van der Waals surface area contributed by atoms with Gasteiger partial charge >= 0.3 is 0 Å². The number of rotatable bonds is 6. The van der Waals surface area contributed by atoms with Gasteiger partial charge in [-0.25, -0.2) is 0 Å². The van der Waals surface area contributed by atoms with E-state index < -0.39 is 0 Å². The number of amides is 1. The number of carbonyl (C=O) groups is 1. The topological polar surface area (TPSA) is 38.8 Å². The second-order valence-corrected chi connectivity index (χ2v) is 10.3. The molecule has 1 heterocycles. The van der Waals surface area contributed by atoms with Gasteiger partial charge in [-0.1, -0.05) is 71.4 Å². The standard InChI is InChI=1S/C24H16BrCl2NO3S2/c1-30-20-10-14(9-18(25)22(20)31-13-15-5-2-3-8-19(15)27)11-21-23(29)28(24(32)33-21)17-7-4-6-16(26)12-17/h2-12H,13H2,1H3/b21-11-. The molecule has 1 amide bonds. The zero-order valence-electron chi connectivity index (χ0n) is 17.2. The summed E-state index contributed by atoms with van der Waals surface area (Å²) in [5.74, 6) is 0.857. The van der Waals surface area contributed by atoms with Gasteiger partial charge in [-0.15, -0.1) is 0 Å². The van der Waals surface area contributed by atoms with Gasteiger partial charge in [0.25, 0.3) is 5.91 Å². The predicted octanol–water partition coefficient (Wildman–Crippen LogP) is 7.75. The first-order chi connectivity index (χ1) is 15.9. The van der Waals surface area contributed by atoms with Crippen LogP contribution in [-0.2, 0) is 11.4 Å². The maximum atomic E-state index is 13.1. The van der Waals surface area contributed by atoms with Crippen LogP contribution in [0.1, 0.15) is 11.1 Å². The minimum absolute atomic E-state index is 0.207. The van der Waals surface area contributed by atoms with Crippen molar-refractivity contribution in [3.63, 3.8) is 0 Å². The van der Waals surface area contributed by atoms with Crippen LogP contribution in [0, 0.1) is 0 Å². The van der Waals surface area contributed by atoms with Gasteiger partial charge in [0.05, 0.1) is 22.2 Å². The van der Waals surface area contributed by atoms with Crippen LogP contribution in [0.25, 0.3) is 6.08 Å². The van der Waals surface area contributed by atoms with E-state index in [0.717, 1.165) is 11.1 Å². The molecular formula is C24H16BrCl2NO3S2. The number of benzene rings is 3. The minimum atomic E-state index is -0.207. The Morgan fingerprint density at radius 1 is 1.12 bits per heavy atom. The largest absolute Gasteiger partial charge is 0.493 e. The summed E-state index contributed by atoms with van der Waals surface area (Å²) >= 11 is 22.5. The van der Waals surface area contributed by atoms with Crippen LogP contribution in [-0.4, -0.2) is 17.3 Å². The van der Waals surface area contributed by atoms with Crippen molar-refractivity contribution in [2.24, 2.45) is 0 Å². The smallest absolute Gasteiger partial charge is 0.270 e. The molecule has 0 aromatic heterocycles. The number of hydrogen-bond donors (Lipinski definition) is 0. The molecule has 0 radical (unpaired) electrons. The summed E-state index contributed by atoms with van der Waals surface area (Å²) in [6.45, 7) is 0.284. The summed E-state index contributed by atoms with van der Waals surface area (Å²) in [7, 11) is 1.56. The molecule has 9 heteroatoms. The fourth-order valence-corrected chi connectivity index (χ4v) is 5.43. The highest BCUT2D eigenvalue weighted by molar-refractivity contribution is 9.10. The highest BCUT2D eigenvalue weighted by Gasteiger charge is 2.33. The number of anilines is 1. The van der Waals surface area contributed by atoms with Crippen LogP contribution in [0.15, 0.2) is 70.0 Å². The highest BCUT2D eigenvalue weighted by Crippen LogP contribution is 2.40. The monoisotopic (exact) mass is 579 g/mol. The lowest BCUT2D eigenvalue weighted by Gasteiger charge is -2.15. The first kappa shape index (κ1) is 24.1. The van der Waals surface area contributed by atoms with Crippen molar-refractivity contribution in [1.29, 1.82) is 0 Å². The minimum Gasteiger partial charge on any atom is -0.493 e. The molecule has 1 aliphatic rings. The van der Waals surface area contributed by atoms with Crippen LogP contribution >= 0.6 is 63.1 Å². The van der Waals surface area contributed by atoms with Gasteiger partial charge in [0.15, 0.2) is 15.8 Å². The molecule has 3 aromatic carbocycles. The average Bonchev–Trinajstić information content (AvgIpc) is 3.06. The van der Waals surface area contributed by atoms with Gasteiger partial charge < -0.3 is 9.47 Å². The second-order valence-electron chi connectivity index (χ2n) is 6.91. The lowest BCUT2D eigenvalue weighted by molar-refractivity contribution is -0.113. The third kappa shape index (κ3) is 5.39. The zero-order chi connectivity index (χ0) is 23.5. The number of halogens is 3. The van der Waals surface area contributed by atoms with Crippen molar-refractivity contribution in [2.45, 2.75) is 6.61 Å². The predicted molar refractivity (Wildman–Crippen MR) is 144 cm³/mol. The number of nitrogens with zero attached hydrogens (tertiary/aromatic N) is 1. The summed E-state index contributed by atoms with van der Waals surface area (Å²) < 4.78 is 12.7. The van der Waals surface area contributed by atoms with Crippen molar-refractivity contribution in [3.05, 3.63) is 91.2 Å². The van der Waals surface area contributed by atoms with E-state index in [1.54, 1.807) is 43.5 Å². The van der Waals surface area contributed by atoms with Gasteiger partial charge in [-0.05, 0) is 64.0 Å². The number of ether oxygens (including phenoxy) is 2. The Morgan fingerprint density at radius 2 is 1.91 bits per heavy atom. The van der Waals surface area contributed by atoms with E-state index in [1.165, 1.54) is 16.7 Å². The van der Waals surface area contributed by atoms with Crippen LogP contribution in [0.2, 0.25) is 10.0 Å². The van der Waals surface area contributed by atoms with E-state index in [1.807, 2.05) is 30.3 Å². The molecule has 1 aliphatic heterocycles. The third-order valence-corrected chi connectivity index (χ3v) is 7.23. The first-order valence-corrected chi connectivity index (χ1v) is 12.4. The van der Waals surface area contributed by atoms with Gasteiger partial charge in [-0.2, -0.15) is 0 Å². The molecular weight excluding hydrogens is 565 g/mol. The van der Waals surface area contributed by atoms with Crippen molar-refractivity contribution in [1.82, 2.24) is 0 Å². The Balaban J connectivity index is 1.59. The molecule has 0 atom stereocenters. The average molecular weight is 581 g/mol. The summed E-state index contributed by atoms with van der Waals surface area (Å²) in [5.41, 5.74) is 2.26. The van der Waals surface area contributed by atoms with Crippen LogP contribution < -0.4 is 14.4 Å². The quantitative estimate of drug-likeness (QED) is 0.220. The number of hydrogen-bond acceptors (Lipinski definition) is 5. The maximum Gasteiger partial charge on any atom is 0.270 e. The summed E-state index contributed by atoms with van der Waals surface area (Å²) in [4.78, 5) is 15.0. The second kappa shape index (κ2) is 10.5. The van der Waals surface area contributed by atoms with Gasteiger partial charge in [0.1, 0.15) is 6.61 Å². The number of thiocarbonyl (C=S) groups is 1. The maximum absolute atomic E-state index is 13.1. The molecule has 0 unspecified atom stereocenters. The molecule has 0 saturated carbocycles. The molecule has 1 fully saturated rings. The molecule has 0 spiro atoms. The molecule has 33 heavy (non-hydrogen) atoms. The van der Waals surface area contributed by atoms with Gasteiger partial charge in [-0.3, -0.25) is 9.69 Å². The van der Waals surface area contributed by atoms with Crippen molar-refractivity contribution in [2.75, 3.05) is 12.0 Å². The Morgan fingerprint density at radius 3 is 2.64 bits per heavy atom. The third-order valence-electron chi connectivity index (χ3n) is 4.74. The Hall–Kier alpha value is -2.03. The van der Waals surface area contributed by atoms with E-state index in [4.69, 9.17) is 44.9 Å². The van der Waals surface area contributed by atoms with Crippen molar-refractivity contribution in [3.8, 4) is 11.5 Å². The van der Waals surface area contributed by atoms with Gasteiger partial charge in [0, 0.05) is 15.6 Å². The summed E-state index contributed by atoms with van der Waals surface area (Å²) in [6.07, 6.45) is 1.77. The first-order valence-electron chi connectivity index (χ1n) is 9.64.